The number of piperazine rings is 1. The minimum atomic E-state index is -1.11. The molecule has 0 unspecified atom stereocenters. The number of rotatable bonds is 6. The van der Waals surface area contributed by atoms with Crippen molar-refractivity contribution < 1.29 is 22.7 Å². The molecule has 0 saturated carbocycles. The van der Waals surface area contributed by atoms with Crippen molar-refractivity contribution in [2.45, 2.75) is 19.0 Å². The Balaban J connectivity index is 1.38. The lowest BCUT2D eigenvalue weighted by Gasteiger charge is -2.39. The summed E-state index contributed by atoms with van der Waals surface area (Å²) in [4.78, 5) is 35.1. The van der Waals surface area contributed by atoms with E-state index in [1.807, 2.05) is 25.2 Å². The van der Waals surface area contributed by atoms with Crippen molar-refractivity contribution in [2.24, 2.45) is 0 Å². The summed E-state index contributed by atoms with van der Waals surface area (Å²) in [5.74, 6) is -2.63. The molecule has 1 saturated heterocycles. The maximum Gasteiger partial charge on any atom is 0.324 e. The second-order valence-corrected chi connectivity index (χ2v) is 12.5. The van der Waals surface area contributed by atoms with Gasteiger partial charge in [0.15, 0.2) is 11.6 Å². The third kappa shape index (κ3) is 5.89. The highest BCUT2D eigenvalue weighted by molar-refractivity contribution is 6.36. The second kappa shape index (κ2) is 13.0. The molecular formula is C36H29ClF3N7O2. The number of nitrogens with zero attached hydrogens (tertiary/aromatic N) is 7. The van der Waals surface area contributed by atoms with Gasteiger partial charge in [0.05, 0.1) is 10.4 Å². The van der Waals surface area contributed by atoms with Gasteiger partial charge in [0, 0.05) is 55.4 Å². The summed E-state index contributed by atoms with van der Waals surface area (Å²) in [6.45, 7) is 12.4. The van der Waals surface area contributed by atoms with Crippen molar-refractivity contribution in [2.75, 3.05) is 44.7 Å². The number of halogens is 4. The maximum absolute atomic E-state index is 16.8. The number of likely N-dealkylation sites (N-methyl/N-ethyl adjacent to an activating group) is 1. The monoisotopic (exact) mass is 683 g/mol. The first-order valence-electron chi connectivity index (χ1n) is 15.6. The average molecular weight is 684 g/mol. The van der Waals surface area contributed by atoms with Crippen LogP contribution in [0.3, 0.4) is 0 Å². The summed E-state index contributed by atoms with van der Waals surface area (Å²) < 4.78 is 51.7. The van der Waals surface area contributed by atoms with E-state index in [9.17, 15) is 13.6 Å². The molecule has 2 aliphatic heterocycles. The lowest BCUT2D eigenvalue weighted by Crippen LogP contribution is -2.56. The fourth-order valence-electron chi connectivity index (χ4n) is 6.65. The molecule has 4 heterocycles. The normalized spacial score (nSPS) is 16.4. The summed E-state index contributed by atoms with van der Waals surface area (Å²) in [6.07, 6.45) is 2.17. The SMILES string of the molecule is [C-]#[N+]C[C@H]1CN(c2nc(Oc3cccc4c3CCN(C)C4)nc3c(F)c(-c4cccc5ccc(F)c(Cl)c45)ncc23)CCN1C(=O)C(=C)F. The number of hydrogen-bond acceptors (Lipinski definition) is 7. The minimum absolute atomic E-state index is 0.0669. The van der Waals surface area contributed by atoms with Crippen LogP contribution in [0.4, 0.5) is 19.0 Å². The first-order valence-corrected chi connectivity index (χ1v) is 16.0. The molecule has 2 aromatic heterocycles. The molecule has 248 valence electrons. The van der Waals surface area contributed by atoms with Gasteiger partial charge in [-0.25, -0.2) is 19.7 Å². The molecule has 0 radical (unpaired) electrons. The number of pyridine rings is 1. The molecule has 1 fully saturated rings. The zero-order valence-electron chi connectivity index (χ0n) is 26.4. The van der Waals surface area contributed by atoms with Gasteiger partial charge in [-0.3, -0.25) is 9.78 Å². The molecule has 0 N–H and O–H groups in total. The largest absolute Gasteiger partial charge is 0.424 e. The number of aromatic nitrogens is 3. The van der Waals surface area contributed by atoms with E-state index in [1.54, 1.807) is 29.2 Å². The van der Waals surface area contributed by atoms with Crippen molar-refractivity contribution in [1.82, 2.24) is 24.8 Å². The Hall–Kier alpha value is -5.25. The molecular weight excluding hydrogens is 655 g/mol. The van der Waals surface area contributed by atoms with Crippen LogP contribution in [0.2, 0.25) is 5.02 Å². The Bertz CT molecular complexity index is 2210. The van der Waals surface area contributed by atoms with Gasteiger partial charge in [0.25, 0.3) is 5.91 Å². The number of benzene rings is 3. The molecule has 13 heteroatoms. The lowest BCUT2D eigenvalue weighted by atomic mass is 9.99. The maximum atomic E-state index is 16.8. The highest BCUT2D eigenvalue weighted by Gasteiger charge is 2.35. The standard InChI is InChI=1S/C36H29ClF3N7O2/c1-20(38)35(48)47-15-14-46(19-23(47)16-41-2)34-26-17-42-32(25-8-4-6-21-10-11-27(39)30(37)29(21)25)31(40)33(26)43-36(44-34)49-28-9-5-7-22-18-45(3)13-12-24(22)28/h4-11,17,23H,1,12-16,18-19H2,3H3/t23-/m0/s1. The van der Waals surface area contributed by atoms with Crippen LogP contribution in [0.25, 0.3) is 37.8 Å². The van der Waals surface area contributed by atoms with E-state index in [2.05, 4.69) is 26.3 Å². The third-order valence-corrected chi connectivity index (χ3v) is 9.40. The van der Waals surface area contributed by atoms with E-state index in [1.165, 1.54) is 17.2 Å². The molecule has 0 spiro atoms. The molecule has 0 aliphatic carbocycles. The summed E-state index contributed by atoms with van der Waals surface area (Å²) in [5, 5.41) is 1.000. The van der Waals surface area contributed by atoms with Crippen molar-refractivity contribution in [3.8, 4) is 23.0 Å². The Kier molecular flexibility index (Phi) is 8.56. The number of hydrogen-bond donors (Lipinski definition) is 0. The zero-order chi connectivity index (χ0) is 34.4. The molecule has 3 aromatic carbocycles. The topological polar surface area (TPSA) is 79.1 Å². The van der Waals surface area contributed by atoms with E-state index in [0.29, 0.717) is 16.5 Å². The van der Waals surface area contributed by atoms with Gasteiger partial charge in [-0.05, 0) is 36.6 Å². The van der Waals surface area contributed by atoms with E-state index in [-0.39, 0.29) is 65.2 Å². The summed E-state index contributed by atoms with van der Waals surface area (Å²) in [7, 11) is 2.04. The number of carbonyl (C=O) groups is 1. The van der Waals surface area contributed by atoms with Crippen LogP contribution in [0.1, 0.15) is 11.1 Å². The molecule has 2 aliphatic rings. The van der Waals surface area contributed by atoms with Gasteiger partial charge >= 0.3 is 6.01 Å². The highest BCUT2D eigenvalue weighted by Crippen LogP contribution is 2.39. The van der Waals surface area contributed by atoms with Gasteiger partial charge in [0.1, 0.15) is 34.6 Å². The van der Waals surface area contributed by atoms with Crippen molar-refractivity contribution in [3.05, 3.63) is 106 Å². The Labute approximate surface area is 285 Å². The first kappa shape index (κ1) is 32.3. The van der Waals surface area contributed by atoms with Crippen LogP contribution >= 0.6 is 11.6 Å². The van der Waals surface area contributed by atoms with Gasteiger partial charge in [-0.15, -0.1) is 0 Å². The molecule has 1 atom stereocenters. The van der Waals surface area contributed by atoms with E-state index < -0.39 is 29.4 Å². The van der Waals surface area contributed by atoms with E-state index >= 15 is 4.39 Å². The second-order valence-electron chi connectivity index (χ2n) is 12.1. The summed E-state index contributed by atoms with van der Waals surface area (Å²) in [6, 6.07) is 12.8. The Morgan fingerprint density at radius 2 is 1.94 bits per heavy atom. The summed E-state index contributed by atoms with van der Waals surface area (Å²) in [5.41, 5.74) is 2.19. The number of fused-ring (bicyclic) bond motifs is 3. The number of amides is 1. The van der Waals surface area contributed by atoms with Crippen LogP contribution in [0.5, 0.6) is 11.8 Å². The lowest BCUT2D eigenvalue weighted by molar-refractivity contribution is -0.131. The van der Waals surface area contributed by atoms with Gasteiger partial charge in [-0.2, -0.15) is 9.97 Å². The fraction of sp³-hybridized carbons (Fsp3) is 0.250. The molecule has 49 heavy (non-hydrogen) atoms. The summed E-state index contributed by atoms with van der Waals surface area (Å²) >= 11 is 6.40. The van der Waals surface area contributed by atoms with Crippen molar-refractivity contribution in [3.63, 3.8) is 0 Å². The number of ether oxygens (including phenoxy) is 1. The molecule has 0 bridgehead atoms. The fourth-order valence-corrected chi connectivity index (χ4v) is 6.92. The first-order chi connectivity index (χ1) is 23.6. The Morgan fingerprint density at radius 3 is 2.73 bits per heavy atom. The van der Waals surface area contributed by atoms with Crippen LogP contribution in [0, 0.1) is 18.2 Å². The predicted octanol–water partition coefficient (Wildman–Crippen LogP) is 6.98. The average Bonchev–Trinajstić information content (AvgIpc) is 3.09. The van der Waals surface area contributed by atoms with Crippen LogP contribution < -0.4 is 9.64 Å². The van der Waals surface area contributed by atoms with Crippen molar-refractivity contribution in [1.29, 1.82) is 0 Å². The van der Waals surface area contributed by atoms with E-state index in [4.69, 9.17) is 27.9 Å². The molecule has 7 rings (SSSR count). The van der Waals surface area contributed by atoms with Gasteiger partial charge in [-0.1, -0.05) is 54.6 Å². The van der Waals surface area contributed by atoms with Crippen LogP contribution in [0.15, 0.2) is 67.1 Å². The van der Waals surface area contributed by atoms with Gasteiger partial charge in [0.2, 0.25) is 6.54 Å². The smallest absolute Gasteiger partial charge is 0.324 e. The molecule has 1 amide bonds. The quantitative estimate of drug-likeness (QED) is 0.141. The minimum Gasteiger partial charge on any atom is -0.424 e. The third-order valence-electron chi connectivity index (χ3n) is 9.03. The molecule has 5 aromatic rings. The zero-order valence-corrected chi connectivity index (χ0v) is 27.1. The Morgan fingerprint density at radius 1 is 1.12 bits per heavy atom. The van der Waals surface area contributed by atoms with Crippen LogP contribution in [-0.4, -0.2) is 76.5 Å². The molecule has 9 nitrogen and oxygen atoms in total. The predicted molar refractivity (Wildman–Crippen MR) is 181 cm³/mol. The highest BCUT2D eigenvalue weighted by atomic mass is 35.5. The van der Waals surface area contributed by atoms with E-state index in [0.717, 1.165) is 30.6 Å². The number of carbonyl (C=O) groups excluding carboxylic acids is 1. The van der Waals surface area contributed by atoms with Crippen LogP contribution in [-0.2, 0) is 17.8 Å². The van der Waals surface area contributed by atoms with Crippen molar-refractivity contribution >= 4 is 45.0 Å². The number of anilines is 1. The van der Waals surface area contributed by atoms with Gasteiger partial charge < -0.3 is 24.3 Å².